The van der Waals surface area contributed by atoms with Gasteiger partial charge in [0.05, 0.1) is 6.10 Å². The van der Waals surface area contributed by atoms with Crippen molar-refractivity contribution in [2.24, 2.45) is 0 Å². The van der Waals surface area contributed by atoms with Gasteiger partial charge in [0.25, 0.3) is 0 Å². The molecule has 0 aliphatic heterocycles. The van der Waals surface area contributed by atoms with Gasteiger partial charge in [-0.2, -0.15) is 4.89 Å². The van der Waals surface area contributed by atoms with Crippen LogP contribution in [-0.4, -0.2) is 28.4 Å². The molecule has 0 radical (unpaired) electrons. The van der Waals surface area contributed by atoms with Crippen molar-refractivity contribution in [3.8, 4) is 0 Å². The Bertz CT molecular complexity index is 169. The number of rotatable bonds is 5. The smallest absolute Gasteiger partial charge is 0.230 e. The fourth-order valence-corrected chi connectivity index (χ4v) is 1.32. The maximum atomic E-state index is 9.42. The lowest BCUT2D eigenvalue weighted by Crippen LogP contribution is -2.34. The third kappa shape index (κ3) is 2.90. The first kappa shape index (κ1) is 11.9. The predicted molar refractivity (Wildman–Crippen MR) is 48.2 cm³/mol. The summed E-state index contributed by atoms with van der Waals surface area (Å²) in [6.45, 7) is 3.36. The van der Waals surface area contributed by atoms with Gasteiger partial charge in [-0.05, 0) is 26.2 Å². The first-order valence-electron chi connectivity index (χ1n) is 4.96. The first-order chi connectivity index (χ1) is 6.61. The summed E-state index contributed by atoms with van der Waals surface area (Å²) in [5.74, 6) is -1.15. The van der Waals surface area contributed by atoms with E-state index in [-0.39, 0.29) is 6.10 Å². The molecule has 3 unspecified atom stereocenters. The fourth-order valence-electron chi connectivity index (χ4n) is 1.32. The summed E-state index contributed by atoms with van der Waals surface area (Å²) in [5.41, 5.74) is 0. The van der Waals surface area contributed by atoms with Crippen molar-refractivity contribution in [3.63, 3.8) is 0 Å². The summed E-state index contributed by atoms with van der Waals surface area (Å²) in [6, 6.07) is 0. The van der Waals surface area contributed by atoms with Crippen molar-refractivity contribution in [2.75, 3.05) is 0 Å². The Morgan fingerprint density at radius 3 is 2.57 bits per heavy atom. The van der Waals surface area contributed by atoms with E-state index in [1.807, 2.05) is 0 Å². The Balaban J connectivity index is 2.31. The normalized spacial score (nSPS) is 31.7. The molecule has 0 aromatic carbocycles. The van der Waals surface area contributed by atoms with Crippen LogP contribution in [0.15, 0.2) is 0 Å². The van der Waals surface area contributed by atoms with E-state index in [1.54, 1.807) is 13.8 Å². The fraction of sp³-hybridized carbons (Fsp3) is 1.00. The van der Waals surface area contributed by atoms with Gasteiger partial charge in [-0.3, -0.25) is 0 Å². The standard InChI is InChI=1S/C9H18O5/c1-3-9(2,13-11)14-12-8-6-4-5-7(8)10/h7-8,10-11H,3-6H2,1-2H3. The number of aliphatic hydroxyl groups is 1. The lowest BCUT2D eigenvalue weighted by Gasteiger charge is -2.25. The predicted octanol–water partition coefficient (Wildman–Crippen LogP) is 1.46. The highest BCUT2D eigenvalue weighted by Crippen LogP contribution is 2.25. The molecular weight excluding hydrogens is 188 g/mol. The molecule has 1 rings (SSSR count). The summed E-state index contributed by atoms with van der Waals surface area (Å²) in [5, 5.41) is 18.0. The third-order valence-electron chi connectivity index (χ3n) is 2.60. The Labute approximate surface area is 83.4 Å². The van der Waals surface area contributed by atoms with Crippen molar-refractivity contribution in [1.82, 2.24) is 0 Å². The molecule has 5 nitrogen and oxygen atoms in total. The molecule has 0 bridgehead atoms. The molecule has 0 heterocycles. The van der Waals surface area contributed by atoms with Crippen molar-refractivity contribution in [1.29, 1.82) is 0 Å². The van der Waals surface area contributed by atoms with Crippen molar-refractivity contribution < 1.29 is 25.0 Å². The molecule has 84 valence electrons. The first-order valence-corrected chi connectivity index (χ1v) is 4.96. The average Bonchev–Trinajstić information content (AvgIpc) is 2.61. The van der Waals surface area contributed by atoms with E-state index in [4.69, 9.17) is 15.0 Å². The lowest BCUT2D eigenvalue weighted by molar-refractivity contribution is -0.506. The van der Waals surface area contributed by atoms with E-state index in [1.165, 1.54) is 0 Å². The lowest BCUT2D eigenvalue weighted by atomic mass is 10.2. The Morgan fingerprint density at radius 2 is 2.14 bits per heavy atom. The van der Waals surface area contributed by atoms with Crippen LogP contribution in [0.3, 0.4) is 0 Å². The van der Waals surface area contributed by atoms with E-state index in [0.717, 1.165) is 19.3 Å². The molecular formula is C9H18O5. The van der Waals surface area contributed by atoms with Crippen LogP contribution < -0.4 is 0 Å². The minimum absolute atomic E-state index is 0.309. The van der Waals surface area contributed by atoms with Gasteiger partial charge < -0.3 is 5.11 Å². The Hall–Kier alpha value is -0.200. The highest BCUT2D eigenvalue weighted by atomic mass is 17.3. The topological polar surface area (TPSA) is 68.2 Å². The van der Waals surface area contributed by atoms with Crippen molar-refractivity contribution in [3.05, 3.63) is 0 Å². The molecule has 5 heteroatoms. The molecule has 14 heavy (non-hydrogen) atoms. The van der Waals surface area contributed by atoms with Crippen LogP contribution in [0.25, 0.3) is 0 Å². The number of hydrogen-bond acceptors (Lipinski definition) is 5. The monoisotopic (exact) mass is 206 g/mol. The minimum atomic E-state index is -1.15. The summed E-state index contributed by atoms with van der Waals surface area (Å²) in [6.07, 6.45) is 2.10. The SMILES string of the molecule is CCC(C)(OO)OOC1CCCC1O. The van der Waals surface area contributed by atoms with Gasteiger partial charge in [0.1, 0.15) is 6.10 Å². The van der Waals surface area contributed by atoms with E-state index >= 15 is 0 Å². The van der Waals surface area contributed by atoms with Crippen LogP contribution in [0.5, 0.6) is 0 Å². The highest BCUT2D eigenvalue weighted by molar-refractivity contribution is 4.75. The third-order valence-corrected chi connectivity index (χ3v) is 2.60. The molecule has 1 aliphatic rings. The maximum absolute atomic E-state index is 9.42. The van der Waals surface area contributed by atoms with Crippen LogP contribution >= 0.6 is 0 Å². The van der Waals surface area contributed by atoms with Crippen LogP contribution in [0.1, 0.15) is 39.5 Å². The van der Waals surface area contributed by atoms with Crippen molar-refractivity contribution in [2.45, 2.75) is 57.5 Å². The summed E-state index contributed by atoms with van der Waals surface area (Å²) in [4.78, 5) is 14.1. The second kappa shape index (κ2) is 5.04. The molecule has 1 saturated carbocycles. The van der Waals surface area contributed by atoms with Gasteiger partial charge >= 0.3 is 0 Å². The van der Waals surface area contributed by atoms with Gasteiger partial charge in [-0.25, -0.2) is 15.0 Å². The van der Waals surface area contributed by atoms with Crippen LogP contribution in [0.4, 0.5) is 0 Å². The molecule has 0 aromatic heterocycles. The number of hydrogen-bond donors (Lipinski definition) is 2. The molecule has 0 saturated heterocycles. The van der Waals surface area contributed by atoms with Gasteiger partial charge in [0.2, 0.25) is 5.79 Å². The van der Waals surface area contributed by atoms with Crippen molar-refractivity contribution >= 4 is 0 Å². The molecule has 2 N–H and O–H groups in total. The molecule has 3 atom stereocenters. The minimum Gasteiger partial charge on any atom is -0.390 e. The van der Waals surface area contributed by atoms with Gasteiger partial charge in [-0.15, -0.1) is 0 Å². The van der Waals surface area contributed by atoms with E-state index in [2.05, 4.69) is 4.89 Å². The Morgan fingerprint density at radius 1 is 1.43 bits per heavy atom. The second-order valence-electron chi connectivity index (χ2n) is 3.79. The molecule has 0 spiro atoms. The summed E-state index contributed by atoms with van der Waals surface area (Å²) < 4.78 is 0. The summed E-state index contributed by atoms with van der Waals surface area (Å²) >= 11 is 0. The average molecular weight is 206 g/mol. The Kier molecular flexibility index (Phi) is 4.28. The molecule has 1 fully saturated rings. The zero-order chi connectivity index (χ0) is 10.6. The zero-order valence-corrected chi connectivity index (χ0v) is 8.60. The summed E-state index contributed by atoms with van der Waals surface area (Å²) in [7, 11) is 0. The van der Waals surface area contributed by atoms with E-state index < -0.39 is 11.9 Å². The van der Waals surface area contributed by atoms with Gasteiger partial charge in [0.15, 0.2) is 0 Å². The van der Waals surface area contributed by atoms with Crippen LogP contribution in [-0.2, 0) is 14.7 Å². The zero-order valence-electron chi connectivity index (χ0n) is 8.60. The van der Waals surface area contributed by atoms with Crippen LogP contribution in [0, 0.1) is 0 Å². The van der Waals surface area contributed by atoms with Crippen LogP contribution in [0.2, 0.25) is 0 Å². The maximum Gasteiger partial charge on any atom is 0.230 e. The van der Waals surface area contributed by atoms with Gasteiger partial charge in [0, 0.05) is 6.42 Å². The van der Waals surface area contributed by atoms with E-state index in [0.29, 0.717) is 6.42 Å². The molecule has 1 aliphatic carbocycles. The molecule has 0 aromatic rings. The van der Waals surface area contributed by atoms with E-state index in [9.17, 15) is 5.11 Å². The van der Waals surface area contributed by atoms with Gasteiger partial charge in [-0.1, -0.05) is 6.92 Å². The highest BCUT2D eigenvalue weighted by Gasteiger charge is 2.32. The quantitative estimate of drug-likeness (QED) is 0.405. The molecule has 0 amide bonds. The number of aliphatic hydroxyl groups excluding tert-OH is 1. The second-order valence-corrected chi connectivity index (χ2v) is 3.79. The largest absolute Gasteiger partial charge is 0.390 e.